The largest absolute Gasteiger partial charge is 0.371 e. The summed E-state index contributed by atoms with van der Waals surface area (Å²) in [5.41, 5.74) is 4.86. The number of imidazole rings is 1. The molecule has 1 saturated carbocycles. The van der Waals surface area contributed by atoms with Gasteiger partial charge in [0, 0.05) is 56.3 Å². The average Bonchev–Trinajstić information content (AvgIpc) is 3.42. The highest BCUT2D eigenvalue weighted by Crippen LogP contribution is 2.44. The summed E-state index contributed by atoms with van der Waals surface area (Å²) in [6, 6.07) is 6.71. The number of carbonyl (C=O) groups excluding carboxylic acids is 1. The molecular weight excluding hydrogens is 466 g/mol. The van der Waals surface area contributed by atoms with Crippen LogP contribution in [0.1, 0.15) is 58.3 Å². The van der Waals surface area contributed by atoms with E-state index < -0.39 is 0 Å². The van der Waals surface area contributed by atoms with Crippen molar-refractivity contribution < 1.29 is 4.79 Å². The Balaban J connectivity index is 1.25. The normalized spacial score (nSPS) is 17.6. The van der Waals surface area contributed by atoms with Crippen molar-refractivity contribution in [1.82, 2.24) is 34.0 Å². The van der Waals surface area contributed by atoms with E-state index in [4.69, 9.17) is 15.1 Å². The molecule has 194 valence electrons. The summed E-state index contributed by atoms with van der Waals surface area (Å²) in [5.74, 6) is 2.54. The average molecular weight is 502 g/mol. The Kier molecular flexibility index (Phi) is 5.58. The van der Waals surface area contributed by atoms with E-state index in [-0.39, 0.29) is 11.9 Å². The zero-order chi connectivity index (χ0) is 25.9. The third kappa shape index (κ3) is 3.98. The van der Waals surface area contributed by atoms with Crippen molar-refractivity contribution in [2.24, 2.45) is 5.41 Å². The molecule has 2 aliphatic rings. The molecular formula is C27H35N9O. The third-order valence-corrected chi connectivity index (χ3v) is 8.13. The van der Waals surface area contributed by atoms with Gasteiger partial charge in [0.15, 0.2) is 11.5 Å². The van der Waals surface area contributed by atoms with E-state index in [1.807, 2.05) is 47.8 Å². The SMILES string of the molecule is CNc1nc(NC2CCC3(CC2)CN(C(C)=O)C3)nn2ccc(-c3ccc4nc(C)n(C(C)C)c4n3)c12. The number of carbonyl (C=O) groups is 1. The Bertz CT molecular complexity index is 1480. The first kappa shape index (κ1) is 23.7. The summed E-state index contributed by atoms with van der Waals surface area (Å²) < 4.78 is 4.05. The monoisotopic (exact) mass is 501 g/mol. The van der Waals surface area contributed by atoms with Gasteiger partial charge in [-0.15, -0.1) is 5.10 Å². The van der Waals surface area contributed by atoms with Gasteiger partial charge < -0.3 is 20.1 Å². The van der Waals surface area contributed by atoms with Gasteiger partial charge in [-0.3, -0.25) is 4.79 Å². The summed E-state index contributed by atoms with van der Waals surface area (Å²) >= 11 is 0. The molecule has 10 heteroatoms. The minimum absolute atomic E-state index is 0.189. The van der Waals surface area contributed by atoms with E-state index in [2.05, 4.69) is 34.0 Å². The lowest BCUT2D eigenvalue weighted by molar-refractivity contribution is -0.143. The number of nitrogens with one attached hydrogen (secondary N) is 2. The van der Waals surface area contributed by atoms with E-state index in [1.165, 1.54) is 0 Å². The first-order valence-corrected chi connectivity index (χ1v) is 13.2. The summed E-state index contributed by atoms with van der Waals surface area (Å²) in [4.78, 5) is 28.1. The molecule has 4 aromatic rings. The number of hydrogen-bond donors (Lipinski definition) is 2. The lowest BCUT2D eigenvalue weighted by Crippen LogP contribution is -2.59. The van der Waals surface area contributed by atoms with Crippen LogP contribution in [0.15, 0.2) is 24.4 Å². The van der Waals surface area contributed by atoms with Crippen LogP contribution in [0.5, 0.6) is 0 Å². The number of hydrogen-bond acceptors (Lipinski definition) is 7. The van der Waals surface area contributed by atoms with Gasteiger partial charge in [0.2, 0.25) is 11.9 Å². The number of amides is 1. The molecule has 0 aromatic carbocycles. The maximum atomic E-state index is 11.6. The lowest BCUT2D eigenvalue weighted by atomic mass is 9.67. The fourth-order valence-electron chi connectivity index (χ4n) is 6.18. The number of aryl methyl sites for hydroxylation is 1. The van der Waals surface area contributed by atoms with Gasteiger partial charge in [0.25, 0.3) is 0 Å². The Labute approximate surface area is 216 Å². The summed E-state index contributed by atoms with van der Waals surface area (Å²) in [6.07, 6.45) is 6.35. The molecule has 0 atom stereocenters. The number of likely N-dealkylation sites (tertiary alicyclic amines) is 1. The van der Waals surface area contributed by atoms with Crippen LogP contribution in [-0.4, -0.2) is 66.1 Å². The van der Waals surface area contributed by atoms with Crippen LogP contribution in [0.4, 0.5) is 11.8 Å². The number of aromatic nitrogens is 6. The minimum atomic E-state index is 0.189. The fourth-order valence-corrected chi connectivity index (χ4v) is 6.18. The highest BCUT2D eigenvalue weighted by atomic mass is 16.2. The molecule has 0 radical (unpaired) electrons. The molecule has 5 heterocycles. The summed E-state index contributed by atoms with van der Waals surface area (Å²) in [5, 5.41) is 11.6. The van der Waals surface area contributed by atoms with E-state index in [0.717, 1.165) is 78.4 Å². The third-order valence-electron chi connectivity index (χ3n) is 8.13. The second-order valence-corrected chi connectivity index (χ2v) is 11.0. The second kappa shape index (κ2) is 8.71. The summed E-state index contributed by atoms with van der Waals surface area (Å²) in [7, 11) is 1.89. The van der Waals surface area contributed by atoms with E-state index in [0.29, 0.717) is 17.4 Å². The summed E-state index contributed by atoms with van der Waals surface area (Å²) in [6.45, 7) is 9.80. The molecule has 1 aliphatic heterocycles. The maximum absolute atomic E-state index is 11.6. The van der Waals surface area contributed by atoms with Crippen molar-refractivity contribution in [2.45, 2.75) is 65.5 Å². The molecule has 2 fully saturated rings. The van der Waals surface area contributed by atoms with Gasteiger partial charge in [-0.1, -0.05) is 0 Å². The Morgan fingerprint density at radius 1 is 1.11 bits per heavy atom. The molecule has 10 nitrogen and oxygen atoms in total. The molecule has 2 N–H and O–H groups in total. The van der Waals surface area contributed by atoms with Gasteiger partial charge in [0.05, 0.1) is 5.69 Å². The van der Waals surface area contributed by atoms with E-state index in [9.17, 15) is 4.79 Å². The Morgan fingerprint density at radius 3 is 2.54 bits per heavy atom. The molecule has 0 bridgehead atoms. The maximum Gasteiger partial charge on any atom is 0.243 e. The van der Waals surface area contributed by atoms with Crippen LogP contribution >= 0.6 is 0 Å². The van der Waals surface area contributed by atoms with Crippen LogP contribution in [0.3, 0.4) is 0 Å². The van der Waals surface area contributed by atoms with Gasteiger partial charge in [-0.25, -0.2) is 14.5 Å². The predicted molar refractivity (Wildman–Crippen MR) is 145 cm³/mol. The molecule has 0 unspecified atom stereocenters. The molecule has 1 spiro atoms. The first-order chi connectivity index (χ1) is 17.8. The van der Waals surface area contributed by atoms with Crippen molar-refractivity contribution in [3.8, 4) is 11.3 Å². The predicted octanol–water partition coefficient (Wildman–Crippen LogP) is 4.28. The number of rotatable bonds is 5. The lowest BCUT2D eigenvalue weighted by Gasteiger charge is -2.53. The van der Waals surface area contributed by atoms with E-state index in [1.54, 1.807) is 6.92 Å². The van der Waals surface area contributed by atoms with Crippen molar-refractivity contribution in [3.63, 3.8) is 0 Å². The Morgan fingerprint density at radius 2 is 1.86 bits per heavy atom. The van der Waals surface area contributed by atoms with Crippen LogP contribution in [0.2, 0.25) is 0 Å². The number of fused-ring (bicyclic) bond motifs is 2. The molecule has 6 rings (SSSR count). The van der Waals surface area contributed by atoms with Crippen molar-refractivity contribution in [1.29, 1.82) is 0 Å². The highest BCUT2D eigenvalue weighted by molar-refractivity contribution is 5.89. The molecule has 37 heavy (non-hydrogen) atoms. The first-order valence-electron chi connectivity index (χ1n) is 13.2. The number of anilines is 2. The number of pyridine rings is 1. The van der Waals surface area contributed by atoms with E-state index >= 15 is 0 Å². The topological polar surface area (TPSA) is 105 Å². The quantitative estimate of drug-likeness (QED) is 0.421. The zero-order valence-electron chi connectivity index (χ0n) is 22.2. The van der Waals surface area contributed by atoms with Crippen LogP contribution in [0, 0.1) is 12.3 Å². The standard InChI is InChI=1S/C27H35N9O/c1-16(2)36-17(3)29-22-7-6-21(31-25(22)36)20-10-13-35-23(20)24(28-5)32-26(33-35)30-19-8-11-27(12-9-19)14-34(15-27)18(4)37/h6-7,10,13,16,19H,8-9,11-12,14-15H2,1-5H3,(H2,28,30,32,33). The van der Waals surface area contributed by atoms with Crippen LogP contribution in [-0.2, 0) is 4.79 Å². The van der Waals surface area contributed by atoms with Crippen molar-refractivity contribution in [2.75, 3.05) is 30.8 Å². The van der Waals surface area contributed by atoms with Gasteiger partial charge >= 0.3 is 0 Å². The minimum Gasteiger partial charge on any atom is -0.371 e. The molecule has 1 aliphatic carbocycles. The van der Waals surface area contributed by atoms with Crippen molar-refractivity contribution in [3.05, 3.63) is 30.2 Å². The van der Waals surface area contributed by atoms with Crippen LogP contribution < -0.4 is 10.6 Å². The van der Waals surface area contributed by atoms with Crippen molar-refractivity contribution >= 4 is 34.4 Å². The molecule has 4 aromatic heterocycles. The van der Waals surface area contributed by atoms with Gasteiger partial charge in [0.1, 0.15) is 16.9 Å². The highest BCUT2D eigenvalue weighted by Gasteiger charge is 2.46. The van der Waals surface area contributed by atoms with Crippen LogP contribution in [0.25, 0.3) is 27.9 Å². The Hall–Kier alpha value is -3.69. The second-order valence-electron chi connectivity index (χ2n) is 11.0. The number of nitrogens with zero attached hydrogens (tertiary/aromatic N) is 7. The molecule has 1 amide bonds. The fraction of sp³-hybridized carbons (Fsp3) is 0.519. The van der Waals surface area contributed by atoms with Gasteiger partial charge in [-0.2, -0.15) is 4.98 Å². The van der Waals surface area contributed by atoms with Gasteiger partial charge in [-0.05, 0) is 64.7 Å². The smallest absolute Gasteiger partial charge is 0.243 e. The zero-order valence-corrected chi connectivity index (χ0v) is 22.2. The molecule has 1 saturated heterocycles.